The molecule has 2 aliphatic rings. The summed E-state index contributed by atoms with van der Waals surface area (Å²) in [5.74, 6) is 1.24. The van der Waals surface area contributed by atoms with Gasteiger partial charge in [-0.25, -0.2) is 0 Å². The third-order valence-electron chi connectivity index (χ3n) is 9.36. The first-order valence-corrected chi connectivity index (χ1v) is 18.7. The number of hydrogen-bond donors (Lipinski definition) is 1. The number of hydrogen-bond acceptors (Lipinski definition) is 10. The molecule has 0 bridgehead atoms. The molecule has 0 spiro atoms. The Morgan fingerprint density at radius 3 is 1.46 bits per heavy atom. The predicted molar refractivity (Wildman–Crippen MR) is 211 cm³/mol. The van der Waals surface area contributed by atoms with Gasteiger partial charge >= 0.3 is 5.97 Å². The Labute approximate surface area is 330 Å². The van der Waals surface area contributed by atoms with E-state index >= 15 is 0 Å². The van der Waals surface area contributed by atoms with Crippen LogP contribution in [0.25, 0.3) is 44.6 Å². The summed E-state index contributed by atoms with van der Waals surface area (Å²) >= 11 is 12.3. The third-order valence-corrected chi connectivity index (χ3v) is 9.96. The molecule has 0 amide bonds. The quantitative estimate of drug-likeness (QED) is 0.106. The lowest BCUT2D eigenvalue weighted by Crippen LogP contribution is -2.11. The second-order valence-corrected chi connectivity index (χ2v) is 14.2. The topological polar surface area (TPSA) is 152 Å². The molecule has 2 aromatic heterocycles. The summed E-state index contributed by atoms with van der Waals surface area (Å²) in [6.07, 6.45) is 1.22. The highest BCUT2D eigenvalue weighted by atomic mass is 35.5. The van der Waals surface area contributed by atoms with Crippen molar-refractivity contribution in [3.8, 4) is 34.1 Å². The van der Waals surface area contributed by atoms with E-state index in [0.717, 1.165) is 17.5 Å². The van der Waals surface area contributed by atoms with Gasteiger partial charge in [0, 0.05) is 29.2 Å². The van der Waals surface area contributed by atoms with Crippen LogP contribution in [-0.4, -0.2) is 55.5 Å². The van der Waals surface area contributed by atoms with Crippen molar-refractivity contribution in [1.82, 2.24) is 0 Å². The zero-order valence-corrected chi connectivity index (χ0v) is 31.6. The van der Waals surface area contributed by atoms with E-state index in [0.29, 0.717) is 87.9 Å². The fourth-order valence-electron chi connectivity index (χ4n) is 6.12. The molecule has 2 aliphatic carbocycles. The minimum absolute atomic E-state index is 0.0473. The summed E-state index contributed by atoms with van der Waals surface area (Å²) in [5.41, 5.74) is 1.93. The molecule has 4 aromatic carbocycles. The SMILES string of the molecule is CC(=O)[C@H]1C[C@H]1OCCOc1ccc(-c2cc(=O)c3cccc(Cl)c3o2)cc1.O=C(O)[C@@H]1C[C@H]1OCCOc1ccc(-c2cc(=O)c3cccc(Cl)c3o2)cc1. The normalized spacial score (nSPS) is 18.2. The molecular weight excluding hydrogens is 763 g/mol. The molecule has 2 heterocycles. The smallest absolute Gasteiger partial charge is 0.309 e. The fourth-order valence-corrected chi connectivity index (χ4v) is 6.54. The van der Waals surface area contributed by atoms with Crippen molar-refractivity contribution in [2.75, 3.05) is 26.4 Å². The van der Waals surface area contributed by atoms with Crippen LogP contribution in [0.3, 0.4) is 0 Å². The maximum absolute atomic E-state index is 12.3. The van der Waals surface area contributed by atoms with E-state index in [1.165, 1.54) is 12.1 Å². The van der Waals surface area contributed by atoms with Gasteiger partial charge < -0.3 is 32.9 Å². The third kappa shape index (κ3) is 9.31. The van der Waals surface area contributed by atoms with E-state index in [9.17, 15) is 19.2 Å². The summed E-state index contributed by atoms with van der Waals surface area (Å²) in [6, 6.07) is 27.4. The average molecular weight is 800 g/mol. The number of carbonyl (C=O) groups is 2. The van der Waals surface area contributed by atoms with Crippen molar-refractivity contribution in [2.24, 2.45) is 11.8 Å². The first kappa shape index (κ1) is 38.8. The van der Waals surface area contributed by atoms with Gasteiger partial charge in [0.2, 0.25) is 0 Å². The molecule has 0 unspecified atom stereocenters. The highest BCUT2D eigenvalue weighted by Gasteiger charge is 2.44. The van der Waals surface area contributed by atoms with Crippen molar-refractivity contribution in [3.05, 3.63) is 128 Å². The van der Waals surface area contributed by atoms with Crippen LogP contribution in [0.1, 0.15) is 19.8 Å². The summed E-state index contributed by atoms with van der Waals surface area (Å²) in [4.78, 5) is 46.5. The number of ether oxygens (including phenoxy) is 4. The molecule has 56 heavy (non-hydrogen) atoms. The van der Waals surface area contributed by atoms with Crippen LogP contribution in [0, 0.1) is 11.8 Å². The lowest BCUT2D eigenvalue weighted by atomic mass is 10.1. The van der Waals surface area contributed by atoms with Gasteiger partial charge in [0.1, 0.15) is 42.0 Å². The zero-order chi connectivity index (χ0) is 39.3. The lowest BCUT2D eigenvalue weighted by molar-refractivity contribution is -0.139. The molecule has 0 saturated heterocycles. The number of carbonyl (C=O) groups excluding carboxylic acids is 1. The lowest BCUT2D eigenvalue weighted by Gasteiger charge is -2.08. The average Bonchev–Trinajstić information content (AvgIpc) is 4.13. The zero-order valence-electron chi connectivity index (χ0n) is 30.1. The fraction of sp³-hybridized carbons (Fsp3) is 0.256. The second kappa shape index (κ2) is 17.1. The Bertz CT molecular complexity index is 2320. The molecule has 11 nitrogen and oxygen atoms in total. The van der Waals surface area contributed by atoms with Gasteiger partial charge in [-0.2, -0.15) is 0 Å². The van der Waals surface area contributed by atoms with E-state index in [1.807, 2.05) is 24.3 Å². The number of aliphatic carboxylic acids is 1. The first-order chi connectivity index (χ1) is 27.0. The number of halogens is 2. The molecule has 6 aromatic rings. The molecule has 2 saturated carbocycles. The summed E-state index contributed by atoms with van der Waals surface area (Å²) < 4.78 is 34.0. The minimum atomic E-state index is -0.817. The van der Waals surface area contributed by atoms with Crippen molar-refractivity contribution in [2.45, 2.75) is 32.0 Å². The number of rotatable bonds is 14. The number of carboxylic acid groups (broad SMARTS) is 1. The van der Waals surface area contributed by atoms with Crippen LogP contribution in [0.5, 0.6) is 11.5 Å². The Morgan fingerprint density at radius 2 is 1.07 bits per heavy atom. The van der Waals surface area contributed by atoms with Crippen molar-refractivity contribution < 1.29 is 42.5 Å². The van der Waals surface area contributed by atoms with Gasteiger partial charge in [0.25, 0.3) is 0 Å². The Kier molecular flexibility index (Phi) is 11.9. The van der Waals surface area contributed by atoms with Gasteiger partial charge in [-0.15, -0.1) is 0 Å². The number of ketones is 1. The van der Waals surface area contributed by atoms with Crippen LogP contribution in [-0.2, 0) is 19.1 Å². The predicted octanol–water partition coefficient (Wildman–Crippen LogP) is 8.47. The molecule has 0 radical (unpaired) electrons. The van der Waals surface area contributed by atoms with Crippen molar-refractivity contribution in [1.29, 1.82) is 0 Å². The maximum Gasteiger partial charge on any atom is 0.309 e. The summed E-state index contributed by atoms with van der Waals surface area (Å²) in [5, 5.41) is 10.5. The van der Waals surface area contributed by atoms with E-state index < -0.39 is 5.97 Å². The monoisotopic (exact) mass is 798 g/mol. The van der Waals surface area contributed by atoms with Gasteiger partial charge in [-0.1, -0.05) is 35.3 Å². The number of carboxylic acids is 1. The highest BCUT2D eigenvalue weighted by Crippen LogP contribution is 2.35. The summed E-state index contributed by atoms with van der Waals surface area (Å²) in [7, 11) is 0. The Morgan fingerprint density at radius 1 is 0.643 bits per heavy atom. The van der Waals surface area contributed by atoms with Gasteiger partial charge in [-0.05, 0) is 92.6 Å². The van der Waals surface area contributed by atoms with Crippen LogP contribution in [0.2, 0.25) is 10.0 Å². The Balaban J connectivity index is 0.000000172. The number of fused-ring (bicyclic) bond motifs is 2. The van der Waals surface area contributed by atoms with Gasteiger partial charge in [0.05, 0.1) is 52.2 Å². The molecule has 1 N–H and O–H groups in total. The maximum atomic E-state index is 12.3. The molecule has 8 rings (SSSR count). The number of para-hydroxylation sites is 2. The van der Waals surface area contributed by atoms with E-state index in [2.05, 4.69) is 0 Å². The number of benzene rings is 4. The van der Waals surface area contributed by atoms with Crippen LogP contribution in [0.4, 0.5) is 0 Å². The van der Waals surface area contributed by atoms with Gasteiger partial charge in [-0.3, -0.25) is 19.2 Å². The standard InChI is InChI=1S/C22H19ClO5.C21H17ClO6/c1-13(24)17-11-21(17)27-10-9-26-15-7-5-14(6-8-15)20-12-19(25)16-3-2-4-18(23)22(16)28-20;22-16-3-1-2-14-17(23)11-18(28-20(14)16)12-4-6-13(7-5-12)26-8-9-27-19-10-15(19)21(24)25/h2-8,12,17,21H,9-11H2,1H3;1-7,11,15,19H,8-10H2,(H,24,25)/t17-,21-;15-,19-/m11/s1. The van der Waals surface area contributed by atoms with Crippen molar-refractivity contribution >= 4 is 56.9 Å². The van der Waals surface area contributed by atoms with Crippen LogP contribution < -0.4 is 20.3 Å². The minimum Gasteiger partial charge on any atom is -0.491 e. The first-order valence-electron chi connectivity index (χ1n) is 17.9. The van der Waals surface area contributed by atoms with Crippen LogP contribution >= 0.6 is 23.2 Å². The number of Topliss-reactive ketones (excluding diaryl/α,β-unsaturated/α-hetero) is 1. The largest absolute Gasteiger partial charge is 0.491 e. The highest BCUT2D eigenvalue weighted by molar-refractivity contribution is 6.35. The molecule has 0 aliphatic heterocycles. The van der Waals surface area contributed by atoms with Crippen LogP contribution in [0.15, 0.2) is 115 Å². The molecule has 2 fully saturated rings. The van der Waals surface area contributed by atoms with E-state index in [1.54, 1.807) is 67.6 Å². The van der Waals surface area contributed by atoms with E-state index in [4.69, 9.17) is 56.1 Å². The van der Waals surface area contributed by atoms with E-state index in [-0.39, 0.29) is 40.7 Å². The molecule has 13 heteroatoms. The van der Waals surface area contributed by atoms with Gasteiger partial charge in [0.15, 0.2) is 22.0 Å². The molecular formula is C43H36Cl2O11. The second-order valence-electron chi connectivity index (χ2n) is 13.4. The molecule has 4 atom stereocenters. The Hall–Kier alpha value is -5.46. The van der Waals surface area contributed by atoms with Crippen molar-refractivity contribution in [3.63, 3.8) is 0 Å². The molecule has 288 valence electrons. The summed E-state index contributed by atoms with van der Waals surface area (Å²) in [6.45, 7) is 3.09.